The van der Waals surface area contributed by atoms with Crippen LogP contribution in [0.15, 0.2) is 48.2 Å². The Hall–Kier alpha value is -2.24. The summed E-state index contributed by atoms with van der Waals surface area (Å²) in [6.45, 7) is 3.47. The number of esters is 1. The van der Waals surface area contributed by atoms with Crippen molar-refractivity contribution in [3.8, 4) is 0 Å². The molecule has 2 bridgehead atoms. The first kappa shape index (κ1) is 16.0. The summed E-state index contributed by atoms with van der Waals surface area (Å²) in [6, 6.07) is 10.3. The Balaban J connectivity index is 1.79. The quantitative estimate of drug-likeness (QED) is 0.616. The first-order valence-corrected chi connectivity index (χ1v) is 9.16. The number of piperidine rings is 1. The number of rotatable bonds is 2. The van der Waals surface area contributed by atoms with Gasteiger partial charge >= 0.3 is 5.97 Å². The summed E-state index contributed by atoms with van der Waals surface area (Å²) in [5.41, 5.74) is 2.63. The van der Waals surface area contributed by atoms with E-state index >= 15 is 0 Å². The number of carbonyl (C=O) groups is 1. The van der Waals surface area contributed by atoms with E-state index in [9.17, 15) is 4.79 Å². The van der Waals surface area contributed by atoms with Crippen LogP contribution >= 0.6 is 0 Å². The molecule has 3 aliphatic rings. The highest BCUT2D eigenvalue weighted by molar-refractivity contribution is 5.85. The molecule has 5 nitrogen and oxygen atoms in total. The second kappa shape index (κ2) is 5.63. The van der Waals surface area contributed by atoms with Gasteiger partial charge in [0.05, 0.1) is 18.5 Å². The van der Waals surface area contributed by atoms with Gasteiger partial charge in [-0.05, 0) is 37.0 Å². The predicted molar refractivity (Wildman–Crippen MR) is 97.2 cm³/mol. The minimum atomic E-state index is -0.676. The van der Waals surface area contributed by atoms with Crippen LogP contribution in [0.4, 0.5) is 0 Å². The lowest BCUT2D eigenvalue weighted by molar-refractivity contribution is -0.158. The van der Waals surface area contributed by atoms with Crippen molar-refractivity contribution in [2.45, 2.75) is 25.0 Å². The van der Waals surface area contributed by atoms with Gasteiger partial charge in [-0.15, -0.1) is 0 Å². The molecule has 5 rings (SSSR count). The van der Waals surface area contributed by atoms with Crippen molar-refractivity contribution in [1.29, 1.82) is 0 Å². The van der Waals surface area contributed by atoms with Crippen molar-refractivity contribution in [1.82, 2.24) is 9.88 Å². The molecule has 2 aromatic rings. The Morgan fingerprint density at radius 2 is 2.23 bits per heavy atom. The molecule has 5 heteroatoms. The Kier molecular flexibility index (Phi) is 3.46. The van der Waals surface area contributed by atoms with Gasteiger partial charge in [-0.3, -0.25) is 14.7 Å². The summed E-state index contributed by atoms with van der Waals surface area (Å²) in [5, 5.41) is 1.06. The summed E-state index contributed by atoms with van der Waals surface area (Å²) in [4.78, 5) is 19.8. The number of fused-ring (bicyclic) bond motifs is 2. The van der Waals surface area contributed by atoms with Gasteiger partial charge in [-0.25, -0.2) is 0 Å². The normalized spacial score (nSPS) is 34.5. The molecule has 0 unspecified atom stereocenters. The first-order chi connectivity index (χ1) is 12.7. The van der Waals surface area contributed by atoms with E-state index in [1.807, 2.05) is 30.5 Å². The average Bonchev–Trinajstić information content (AvgIpc) is 3.18. The Morgan fingerprint density at radius 3 is 3.04 bits per heavy atom. The monoisotopic (exact) mass is 350 g/mol. The summed E-state index contributed by atoms with van der Waals surface area (Å²) >= 11 is 0. The molecule has 1 saturated carbocycles. The standard InChI is InChI=1S/C21H22N2O3/c1-3-13-11-23-12-26-21(18(23)10-15(13)19(21)20(24)25-2)16-8-9-22-17-7-5-4-6-14(16)17/h3-9,15,18-19H,10-12H2,1-2H3/b13-3-/t15-,18-,19-,21-/m0/s1. The van der Waals surface area contributed by atoms with Crippen LogP contribution in [-0.2, 0) is 19.9 Å². The average molecular weight is 350 g/mol. The highest BCUT2D eigenvalue weighted by Crippen LogP contribution is 2.60. The maximum atomic E-state index is 13.0. The number of aromatic nitrogens is 1. The number of nitrogens with zero attached hydrogens (tertiary/aromatic N) is 2. The van der Waals surface area contributed by atoms with Gasteiger partial charge in [0.1, 0.15) is 12.3 Å². The van der Waals surface area contributed by atoms with Crippen LogP contribution in [0, 0.1) is 11.8 Å². The molecular weight excluding hydrogens is 328 g/mol. The molecule has 0 amide bonds. The summed E-state index contributed by atoms with van der Waals surface area (Å²) in [6.07, 6.45) is 4.91. The Morgan fingerprint density at radius 1 is 1.38 bits per heavy atom. The molecule has 4 atom stereocenters. The maximum absolute atomic E-state index is 13.0. The number of ether oxygens (including phenoxy) is 2. The van der Waals surface area contributed by atoms with Gasteiger partial charge in [0.2, 0.25) is 0 Å². The Bertz CT molecular complexity index is 919. The highest BCUT2D eigenvalue weighted by Gasteiger charge is 2.68. The largest absolute Gasteiger partial charge is 0.469 e. The molecule has 26 heavy (non-hydrogen) atoms. The Labute approximate surface area is 152 Å². The van der Waals surface area contributed by atoms with E-state index in [0.29, 0.717) is 6.73 Å². The molecule has 0 spiro atoms. The van der Waals surface area contributed by atoms with Crippen molar-refractivity contribution >= 4 is 16.9 Å². The molecule has 1 aromatic carbocycles. The number of methoxy groups -OCH3 is 1. The SMILES string of the molecule is C/C=C1/CN2CO[C@]3(c4ccnc5ccccc45)[C@H](C(=O)OC)[C@H]1C[C@H]23. The lowest BCUT2D eigenvalue weighted by atomic mass is 9.77. The summed E-state index contributed by atoms with van der Waals surface area (Å²) in [5.74, 6) is -0.343. The first-order valence-electron chi connectivity index (χ1n) is 9.16. The van der Waals surface area contributed by atoms with Crippen molar-refractivity contribution in [3.63, 3.8) is 0 Å². The number of allylic oxidation sites excluding steroid dienone is 1. The fourth-order valence-corrected chi connectivity index (χ4v) is 5.45. The zero-order valence-corrected chi connectivity index (χ0v) is 15.0. The molecular formula is C21H22N2O3. The third-order valence-electron chi connectivity index (χ3n) is 6.50. The number of hydrogen-bond acceptors (Lipinski definition) is 5. The van der Waals surface area contributed by atoms with Crippen LogP contribution in [0.2, 0.25) is 0 Å². The van der Waals surface area contributed by atoms with Crippen molar-refractivity contribution in [2.24, 2.45) is 11.8 Å². The fourth-order valence-electron chi connectivity index (χ4n) is 5.45. The van der Waals surface area contributed by atoms with Crippen LogP contribution in [0.3, 0.4) is 0 Å². The van der Waals surface area contributed by atoms with E-state index in [0.717, 1.165) is 29.4 Å². The van der Waals surface area contributed by atoms with Crippen LogP contribution in [0.25, 0.3) is 10.9 Å². The van der Waals surface area contributed by atoms with E-state index in [1.54, 1.807) is 0 Å². The zero-order chi connectivity index (χ0) is 17.9. The van der Waals surface area contributed by atoms with E-state index in [4.69, 9.17) is 9.47 Å². The van der Waals surface area contributed by atoms with Gasteiger partial charge < -0.3 is 9.47 Å². The summed E-state index contributed by atoms with van der Waals surface area (Å²) in [7, 11) is 1.48. The smallest absolute Gasteiger partial charge is 0.312 e. The van der Waals surface area contributed by atoms with Gasteiger partial charge in [0.15, 0.2) is 0 Å². The van der Waals surface area contributed by atoms with E-state index in [1.165, 1.54) is 12.7 Å². The number of hydrogen-bond donors (Lipinski definition) is 0. The second-order valence-electron chi connectivity index (χ2n) is 7.41. The number of carbonyl (C=O) groups excluding carboxylic acids is 1. The fraction of sp³-hybridized carbons (Fsp3) is 0.429. The molecule has 0 N–H and O–H groups in total. The molecule has 1 aromatic heterocycles. The predicted octanol–water partition coefficient (Wildman–Crippen LogP) is 2.86. The van der Waals surface area contributed by atoms with Gasteiger partial charge in [-0.2, -0.15) is 0 Å². The summed E-state index contributed by atoms with van der Waals surface area (Å²) < 4.78 is 11.8. The van der Waals surface area contributed by atoms with Gasteiger partial charge in [0, 0.05) is 24.2 Å². The van der Waals surface area contributed by atoms with E-state index < -0.39 is 5.60 Å². The van der Waals surface area contributed by atoms with Crippen LogP contribution in [-0.4, -0.2) is 42.3 Å². The molecule has 134 valence electrons. The molecule has 1 aliphatic carbocycles. The molecule has 2 saturated heterocycles. The van der Waals surface area contributed by atoms with Crippen LogP contribution < -0.4 is 0 Å². The molecule has 3 fully saturated rings. The third kappa shape index (κ3) is 1.87. The topological polar surface area (TPSA) is 51.7 Å². The highest BCUT2D eigenvalue weighted by atomic mass is 16.5. The minimum absolute atomic E-state index is 0.168. The zero-order valence-electron chi connectivity index (χ0n) is 15.0. The molecule has 0 radical (unpaired) electrons. The third-order valence-corrected chi connectivity index (χ3v) is 6.50. The van der Waals surface area contributed by atoms with Gasteiger partial charge in [-0.1, -0.05) is 29.8 Å². The van der Waals surface area contributed by atoms with E-state index in [2.05, 4.69) is 29.0 Å². The number of benzene rings is 1. The lowest BCUT2D eigenvalue weighted by Crippen LogP contribution is -2.44. The minimum Gasteiger partial charge on any atom is -0.469 e. The van der Waals surface area contributed by atoms with Gasteiger partial charge in [0.25, 0.3) is 0 Å². The number of para-hydroxylation sites is 1. The van der Waals surface area contributed by atoms with Crippen molar-refractivity contribution < 1.29 is 14.3 Å². The number of pyridine rings is 1. The maximum Gasteiger partial charge on any atom is 0.312 e. The van der Waals surface area contributed by atoms with E-state index in [-0.39, 0.29) is 23.8 Å². The second-order valence-corrected chi connectivity index (χ2v) is 7.41. The molecule has 3 heterocycles. The lowest BCUT2D eigenvalue weighted by Gasteiger charge is -2.34. The van der Waals surface area contributed by atoms with Crippen molar-refractivity contribution in [2.75, 3.05) is 20.4 Å². The van der Waals surface area contributed by atoms with Crippen molar-refractivity contribution in [3.05, 3.63) is 53.7 Å². The van der Waals surface area contributed by atoms with Crippen LogP contribution in [0.1, 0.15) is 18.9 Å². The molecule has 2 aliphatic heterocycles. The van der Waals surface area contributed by atoms with Crippen LogP contribution in [0.5, 0.6) is 0 Å².